The number of ether oxygens (including phenoxy) is 2. The largest absolute Gasteiger partial charge is 0.490 e. The molecule has 0 aliphatic heterocycles. The zero-order valence-electron chi connectivity index (χ0n) is 17.7. The number of nitrogens with one attached hydrogen (secondary N) is 1. The molecular formula is C23H24N6O3. The summed E-state index contributed by atoms with van der Waals surface area (Å²) in [5, 5.41) is 12.2. The molecular weight excluding hydrogens is 408 g/mol. The van der Waals surface area contributed by atoms with Crippen LogP contribution in [-0.4, -0.2) is 35.6 Å². The van der Waals surface area contributed by atoms with Crippen molar-refractivity contribution in [2.24, 2.45) is 0 Å². The summed E-state index contributed by atoms with van der Waals surface area (Å²) in [7, 11) is 0. The van der Waals surface area contributed by atoms with Crippen LogP contribution in [0.1, 0.15) is 18.1 Å². The van der Waals surface area contributed by atoms with Gasteiger partial charge in [-0.05, 0) is 37.1 Å². The highest BCUT2D eigenvalue weighted by atomic mass is 16.5. The average molecular weight is 432 g/mol. The van der Waals surface area contributed by atoms with Crippen molar-refractivity contribution in [1.29, 1.82) is 5.26 Å². The molecule has 2 aromatic carbocycles. The van der Waals surface area contributed by atoms with E-state index in [0.717, 1.165) is 12.0 Å². The Kier molecular flexibility index (Phi) is 7.43. The Morgan fingerprint density at radius 2 is 1.88 bits per heavy atom. The summed E-state index contributed by atoms with van der Waals surface area (Å²) in [5.74, 6) is 0.516. The van der Waals surface area contributed by atoms with Crippen molar-refractivity contribution in [1.82, 2.24) is 15.3 Å². The molecule has 1 heterocycles. The monoisotopic (exact) mass is 432 g/mol. The minimum atomic E-state index is -0.240. The second-order valence-corrected chi connectivity index (χ2v) is 6.77. The highest BCUT2D eigenvalue weighted by Gasteiger charge is 2.16. The molecule has 5 N–H and O–H groups in total. The van der Waals surface area contributed by atoms with Crippen LogP contribution in [0.3, 0.4) is 0 Å². The number of nitrogens with zero attached hydrogens (tertiary/aromatic N) is 3. The van der Waals surface area contributed by atoms with Gasteiger partial charge in [-0.1, -0.05) is 30.3 Å². The molecule has 0 radical (unpaired) electrons. The highest BCUT2D eigenvalue weighted by Crippen LogP contribution is 2.34. The summed E-state index contributed by atoms with van der Waals surface area (Å²) in [6.07, 6.45) is 0.734. The number of aromatic nitrogens is 2. The molecule has 0 bridgehead atoms. The second kappa shape index (κ2) is 10.6. The van der Waals surface area contributed by atoms with E-state index in [2.05, 4.69) is 15.3 Å². The van der Waals surface area contributed by atoms with Crippen LogP contribution in [-0.2, 0) is 11.2 Å². The maximum absolute atomic E-state index is 12.2. The van der Waals surface area contributed by atoms with Gasteiger partial charge in [-0.3, -0.25) is 4.79 Å². The van der Waals surface area contributed by atoms with Gasteiger partial charge in [-0.15, -0.1) is 0 Å². The quantitative estimate of drug-likeness (QED) is 0.466. The Hall–Kier alpha value is -4.32. The lowest BCUT2D eigenvalue weighted by atomic mass is 10.1. The number of carbonyl (C=O) groups excluding carboxylic acids is 1. The molecule has 0 atom stereocenters. The lowest BCUT2D eigenvalue weighted by Crippen LogP contribution is -2.30. The first kappa shape index (κ1) is 22.4. The number of hydrogen-bond acceptors (Lipinski definition) is 8. The molecule has 3 rings (SSSR count). The van der Waals surface area contributed by atoms with Crippen molar-refractivity contribution in [2.75, 3.05) is 31.2 Å². The van der Waals surface area contributed by atoms with Gasteiger partial charge in [0.25, 0.3) is 5.91 Å². The number of hydrogen-bond donors (Lipinski definition) is 3. The third kappa shape index (κ3) is 5.64. The molecule has 1 amide bonds. The fraction of sp³-hybridized carbons (Fsp3) is 0.217. The summed E-state index contributed by atoms with van der Waals surface area (Å²) in [5.41, 5.74) is 13.6. The minimum absolute atomic E-state index is 0.000426. The first-order valence-corrected chi connectivity index (χ1v) is 10.1. The van der Waals surface area contributed by atoms with E-state index in [-0.39, 0.29) is 29.8 Å². The van der Waals surface area contributed by atoms with E-state index in [1.165, 1.54) is 0 Å². The number of nitrogens with two attached hydrogens (primary N) is 2. The number of amides is 1. The van der Waals surface area contributed by atoms with Crippen LogP contribution in [0.5, 0.6) is 11.5 Å². The van der Waals surface area contributed by atoms with E-state index in [1.807, 2.05) is 43.3 Å². The van der Waals surface area contributed by atoms with Gasteiger partial charge >= 0.3 is 0 Å². The van der Waals surface area contributed by atoms with Gasteiger partial charge in [-0.2, -0.15) is 10.2 Å². The first-order valence-electron chi connectivity index (χ1n) is 10.1. The third-order valence-corrected chi connectivity index (χ3v) is 4.52. The van der Waals surface area contributed by atoms with Gasteiger partial charge in [0.1, 0.15) is 17.5 Å². The van der Waals surface area contributed by atoms with E-state index in [1.54, 1.807) is 18.2 Å². The summed E-state index contributed by atoms with van der Waals surface area (Å²) in [4.78, 5) is 20.1. The summed E-state index contributed by atoms with van der Waals surface area (Å²) < 4.78 is 11.3. The zero-order valence-corrected chi connectivity index (χ0v) is 17.7. The maximum Gasteiger partial charge on any atom is 0.257 e. The van der Waals surface area contributed by atoms with E-state index in [0.29, 0.717) is 35.9 Å². The highest BCUT2D eigenvalue weighted by molar-refractivity contribution is 5.78. The summed E-state index contributed by atoms with van der Waals surface area (Å²) >= 11 is 0. The van der Waals surface area contributed by atoms with E-state index < -0.39 is 0 Å². The van der Waals surface area contributed by atoms with Crippen molar-refractivity contribution in [3.8, 4) is 28.8 Å². The van der Waals surface area contributed by atoms with Gasteiger partial charge < -0.3 is 26.3 Å². The van der Waals surface area contributed by atoms with Crippen LogP contribution >= 0.6 is 0 Å². The topological polar surface area (TPSA) is 149 Å². The second-order valence-electron chi connectivity index (χ2n) is 6.77. The van der Waals surface area contributed by atoms with Crippen LogP contribution in [0.2, 0.25) is 0 Å². The molecule has 9 nitrogen and oxygen atoms in total. The molecule has 3 aromatic rings. The van der Waals surface area contributed by atoms with Crippen molar-refractivity contribution in [3.05, 3.63) is 59.7 Å². The van der Waals surface area contributed by atoms with Crippen molar-refractivity contribution in [2.45, 2.75) is 13.3 Å². The maximum atomic E-state index is 12.2. The molecule has 9 heteroatoms. The lowest BCUT2D eigenvalue weighted by Gasteiger charge is -2.14. The molecule has 164 valence electrons. The molecule has 0 saturated heterocycles. The number of carbonyl (C=O) groups is 1. The predicted octanol–water partition coefficient (Wildman–Crippen LogP) is 2.32. The van der Waals surface area contributed by atoms with Crippen molar-refractivity contribution in [3.63, 3.8) is 0 Å². The predicted molar refractivity (Wildman–Crippen MR) is 121 cm³/mol. The Bertz CT molecular complexity index is 1130. The molecule has 1 aromatic heterocycles. The third-order valence-electron chi connectivity index (χ3n) is 4.52. The van der Waals surface area contributed by atoms with Gasteiger partial charge in [0.15, 0.2) is 18.1 Å². The molecule has 0 fully saturated rings. The summed E-state index contributed by atoms with van der Waals surface area (Å²) in [6.45, 7) is 2.55. The van der Waals surface area contributed by atoms with Gasteiger partial charge in [-0.25, -0.2) is 4.98 Å². The van der Waals surface area contributed by atoms with Crippen LogP contribution in [0.4, 0.5) is 11.8 Å². The Morgan fingerprint density at radius 3 is 2.59 bits per heavy atom. The number of nitrogen functional groups attached to an aromatic ring is 2. The lowest BCUT2D eigenvalue weighted by molar-refractivity contribution is -0.123. The summed E-state index contributed by atoms with van der Waals surface area (Å²) in [6, 6.07) is 16.9. The Labute approximate surface area is 186 Å². The molecule has 0 unspecified atom stereocenters. The molecule has 0 saturated carbocycles. The number of nitriles is 1. The first-order chi connectivity index (χ1) is 15.5. The SMILES string of the molecule is CCOc1cc(-c2nc(N)nc(N)c2C#N)ccc1OCC(=O)NCCc1ccccc1. The van der Waals surface area contributed by atoms with Crippen LogP contribution in [0, 0.1) is 11.3 Å². The number of rotatable bonds is 9. The van der Waals surface area contributed by atoms with Gasteiger partial charge in [0, 0.05) is 12.1 Å². The van der Waals surface area contributed by atoms with Crippen LogP contribution in [0.25, 0.3) is 11.3 Å². The smallest absolute Gasteiger partial charge is 0.257 e. The van der Waals surface area contributed by atoms with Gasteiger partial charge in [0.2, 0.25) is 5.95 Å². The minimum Gasteiger partial charge on any atom is -0.490 e. The Balaban J connectivity index is 1.69. The fourth-order valence-corrected chi connectivity index (χ4v) is 3.04. The van der Waals surface area contributed by atoms with E-state index >= 15 is 0 Å². The molecule has 0 aliphatic rings. The van der Waals surface area contributed by atoms with E-state index in [4.69, 9.17) is 20.9 Å². The van der Waals surface area contributed by atoms with Crippen molar-refractivity contribution >= 4 is 17.7 Å². The number of benzene rings is 2. The Morgan fingerprint density at radius 1 is 1.09 bits per heavy atom. The average Bonchev–Trinajstić information content (AvgIpc) is 2.78. The molecule has 32 heavy (non-hydrogen) atoms. The van der Waals surface area contributed by atoms with Crippen molar-refractivity contribution < 1.29 is 14.3 Å². The normalized spacial score (nSPS) is 10.2. The standard InChI is InChI=1S/C23H24N6O3/c1-2-31-19-12-16(21-17(13-24)22(25)29-23(26)28-21)8-9-18(19)32-14-20(30)27-11-10-15-6-4-3-5-7-15/h3-9,12H,2,10-11,14H2,1H3,(H,27,30)(H4,25,26,28,29). The van der Waals surface area contributed by atoms with Crippen LogP contribution < -0.4 is 26.3 Å². The zero-order chi connectivity index (χ0) is 22.9. The van der Waals surface area contributed by atoms with Gasteiger partial charge in [0.05, 0.1) is 12.3 Å². The number of anilines is 2. The fourth-order valence-electron chi connectivity index (χ4n) is 3.04. The van der Waals surface area contributed by atoms with E-state index in [9.17, 15) is 10.1 Å². The van der Waals surface area contributed by atoms with Crippen LogP contribution in [0.15, 0.2) is 48.5 Å². The molecule has 0 aliphatic carbocycles. The molecule has 0 spiro atoms.